The summed E-state index contributed by atoms with van der Waals surface area (Å²) in [5.41, 5.74) is 0.433. The highest BCUT2D eigenvalue weighted by atomic mass is 16.5. The van der Waals surface area contributed by atoms with Crippen molar-refractivity contribution in [2.75, 3.05) is 6.61 Å². The third kappa shape index (κ3) is 2.95. The van der Waals surface area contributed by atoms with Gasteiger partial charge in [0.05, 0.1) is 12.8 Å². The number of benzene rings is 1. The largest absolute Gasteiger partial charge is 0.856 e. The Morgan fingerprint density at radius 2 is 2.21 bits per heavy atom. The molecule has 0 saturated carbocycles. The third-order valence-electron chi connectivity index (χ3n) is 2.20. The van der Waals surface area contributed by atoms with E-state index in [0.717, 1.165) is 10.4 Å². The van der Waals surface area contributed by atoms with Crippen molar-refractivity contribution in [2.45, 2.75) is 6.92 Å². The molecule has 0 spiro atoms. The van der Waals surface area contributed by atoms with Gasteiger partial charge in [0.25, 0.3) is 0 Å². The SMILES string of the molecule is CCOC(=O)c1nnn(N=Cc2ccccc2)c1[O-]. The van der Waals surface area contributed by atoms with Gasteiger partial charge in [-0.2, -0.15) is 5.10 Å². The van der Waals surface area contributed by atoms with Crippen LogP contribution in [0.25, 0.3) is 0 Å². The predicted molar refractivity (Wildman–Crippen MR) is 64.9 cm³/mol. The van der Waals surface area contributed by atoms with Crippen LogP contribution >= 0.6 is 0 Å². The van der Waals surface area contributed by atoms with E-state index in [9.17, 15) is 9.90 Å². The van der Waals surface area contributed by atoms with Gasteiger partial charge in [-0.15, -0.1) is 9.89 Å². The Bertz CT molecular complexity index is 592. The van der Waals surface area contributed by atoms with E-state index in [1.165, 1.54) is 6.21 Å². The molecule has 1 aromatic heterocycles. The summed E-state index contributed by atoms with van der Waals surface area (Å²) >= 11 is 0. The van der Waals surface area contributed by atoms with Crippen molar-refractivity contribution >= 4 is 12.2 Å². The van der Waals surface area contributed by atoms with Crippen LogP contribution < -0.4 is 5.11 Å². The zero-order chi connectivity index (χ0) is 13.7. The minimum atomic E-state index is -0.798. The van der Waals surface area contributed by atoms with Gasteiger partial charge >= 0.3 is 5.97 Å². The maximum Gasteiger partial charge on any atom is 0.359 e. The normalized spacial score (nSPS) is 10.8. The number of ether oxygens (including phenoxy) is 1. The molecule has 0 unspecified atom stereocenters. The van der Waals surface area contributed by atoms with Gasteiger partial charge in [-0.05, 0) is 17.7 Å². The highest BCUT2D eigenvalue weighted by Crippen LogP contribution is 2.10. The average molecular weight is 259 g/mol. The minimum Gasteiger partial charge on any atom is -0.856 e. The second-order valence-corrected chi connectivity index (χ2v) is 3.51. The van der Waals surface area contributed by atoms with Gasteiger partial charge in [-0.3, -0.25) is 0 Å². The highest BCUT2D eigenvalue weighted by Gasteiger charge is 2.13. The molecular weight excluding hydrogens is 248 g/mol. The Balaban J connectivity index is 2.19. The number of aromatic nitrogens is 3. The Hall–Kier alpha value is -2.70. The van der Waals surface area contributed by atoms with Gasteiger partial charge < -0.3 is 9.84 Å². The molecule has 0 aliphatic rings. The van der Waals surface area contributed by atoms with Crippen molar-refractivity contribution in [3.63, 3.8) is 0 Å². The topological polar surface area (TPSA) is 92.4 Å². The molecule has 19 heavy (non-hydrogen) atoms. The van der Waals surface area contributed by atoms with Crippen molar-refractivity contribution in [2.24, 2.45) is 5.10 Å². The van der Waals surface area contributed by atoms with E-state index in [0.29, 0.717) is 0 Å². The van der Waals surface area contributed by atoms with Crippen LogP contribution in [0.5, 0.6) is 5.88 Å². The molecule has 0 amide bonds. The monoisotopic (exact) mass is 259 g/mol. The van der Waals surface area contributed by atoms with E-state index in [-0.39, 0.29) is 12.3 Å². The molecular formula is C12H11N4O3-. The first-order valence-electron chi connectivity index (χ1n) is 5.61. The fourth-order valence-corrected chi connectivity index (χ4v) is 1.33. The molecule has 0 fully saturated rings. The van der Waals surface area contributed by atoms with Crippen molar-refractivity contribution in [3.8, 4) is 5.88 Å². The van der Waals surface area contributed by atoms with Crippen molar-refractivity contribution < 1.29 is 14.6 Å². The van der Waals surface area contributed by atoms with Gasteiger partial charge in [0.2, 0.25) is 0 Å². The van der Waals surface area contributed by atoms with Crippen LogP contribution in [0, 0.1) is 0 Å². The Morgan fingerprint density at radius 1 is 1.47 bits per heavy atom. The Kier molecular flexibility index (Phi) is 3.87. The van der Waals surface area contributed by atoms with E-state index in [4.69, 9.17) is 0 Å². The van der Waals surface area contributed by atoms with Gasteiger partial charge in [-0.1, -0.05) is 30.3 Å². The summed E-state index contributed by atoms with van der Waals surface area (Å²) in [6, 6.07) is 9.18. The van der Waals surface area contributed by atoms with E-state index >= 15 is 0 Å². The second kappa shape index (κ2) is 5.76. The molecule has 1 heterocycles. The van der Waals surface area contributed by atoms with E-state index in [1.807, 2.05) is 30.3 Å². The molecule has 98 valence electrons. The summed E-state index contributed by atoms with van der Waals surface area (Å²) in [6.07, 6.45) is 1.45. The summed E-state index contributed by atoms with van der Waals surface area (Å²) in [7, 11) is 0. The van der Waals surface area contributed by atoms with Crippen LogP contribution in [0.15, 0.2) is 35.4 Å². The zero-order valence-electron chi connectivity index (χ0n) is 10.2. The van der Waals surface area contributed by atoms with Crippen LogP contribution in [0.1, 0.15) is 23.0 Å². The zero-order valence-corrected chi connectivity index (χ0v) is 10.2. The smallest absolute Gasteiger partial charge is 0.359 e. The lowest BCUT2D eigenvalue weighted by atomic mass is 10.2. The molecule has 7 heteroatoms. The molecule has 2 rings (SSSR count). The molecule has 0 aliphatic heterocycles. The number of nitrogens with zero attached hydrogens (tertiary/aromatic N) is 4. The third-order valence-corrected chi connectivity index (χ3v) is 2.20. The van der Waals surface area contributed by atoms with Gasteiger partial charge in [0.1, 0.15) is 0 Å². The summed E-state index contributed by atoms with van der Waals surface area (Å²) in [5, 5.41) is 22.5. The molecule has 0 saturated heterocycles. The van der Waals surface area contributed by atoms with E-state index in [1.54, 1.807) is 6.92 Å². The van der Waals surface area contributed by atoms with Gasteiger partial charge in [0.15, 0.2) is 5.69 Å². The number of carbonyl (C=O) groups is 1. The predicted octanol–water partition coefficient (Wildman–Crippen LogP) is 0.411. The van der Waals surface area contributed by atoms with Crippen molar-refractivity contribution in [1.82, 2.24) is 15.1 Å². The number of hydrogen-bond acceptors (Lipinski definition) is 6. The molecule has 0 bridgehead atoms. The Morgan fingerprint density at radius 3 is 2.89 bits per heavy atom. The first kappa shape index (κ1) is 12.7. The summed E-state index contributed by atoms with van der Waals surface area (Å²) in [5.74, 6) is -1.50. The van der Waals surface area contributed by atoms with E-state index in [2.05, 4.69) is 20.2 Å². The molecule has 1 aromatic carbocycles. The van der Waals surface area contributed by atoms with E-state index < -0.39 is 11.8 Å². The first-order chi connectivity index (χ1) is 9.22. The highest BCUT2D eigenvalue weighted by molar-refractivity contribution is 5.89. The van der Waals surface area contributed by atoms with Crippen molar-refractivity contribution in [1.29, 1.82) is 0 Å². The Labute approximate surface area is 109 Å². The van der Waals surface area contributed by atoms with Crippen LogP contribution in [0.3, 0.4) is 0 Å². The fourth-order valence-electron chi connectivity index (χ4n) is 1.33. The molecule has 0 N–H and O–H groups in total. The molecule has 2 aromatic rings. The van der Waals surface area contributed by atoms with Gasteiger partial charge in [0, 0.05) is 5.88 Å². The van der Waals surface area contributed by atoms with Crippen LogP contribution in [0.4, 0.5) is 0 Å². The quantitative estimate of drug-likeness (QED) is 0.585. The summed E-state index contributed by atoms with van der Waals surface area (Å²) < 4.78 is 4.68. The molecule has 0 radical (unpaired) electrons. The number of hydrogen-bond donors (Lipinski definition) is 0. The lowest BCUT2D eigenvalue weighted by Gasteiger charge is -2.05. The van der Waals surface area contributed by atoms with Crippen LogP contribution in [-0.2, 0) is 4.74 Å². The average Bonchev–Trinajstić information content (AvgIpc) is 2.79. The lowest BCUT2D eigenvalue weighted by Crippen LogP contribution is -2.10. The molecule has 0 atom stereocenters. The second-order valence-electron chi connectivity index (χ2n) is 3.51. The lowest BCUT2D eigenvalue weighted by molar-refractivity contribution is -0.279. The van der Waals surface area contributed by atoms with Crippen LogP contribution in [0.2, 0.25) is 0 Å². The van der Waals surface area contributed by atoms with Crippen molar-refractivity contribution in [3.05, 3.63) is 41.6 Å². The fraction of sp³-hybridized carbons (Fsp3) is 0.167. The van der Waals surface area contributed by atoms with Gasteiger partial charge in [-0.25, -0.2) is 4.79 Å². The standard InChI is InChI=1S/C12H12N4O3/c1-2-19-12(18)10-11(17)16(15-14-10)13-8-9-6-4-3-5-7-9/h3-8,17H,2H2,1H3/p-1. The molecule has 0 aliphatic carbocycles. The van der Waals surface area contributed by atoms with Crippen LogP contribution in [-0.4, -0.2) is 33.9 Å². The summed E-state index contributed by atoms with van der Waals surface area (Å²) in [6.45, 7) is 1.80. The minimum absolute atomic E-state index is 0.165. The maximum absolute atomic E-state index is 11.7. The summed E-state index contributed by atoms with van der Waals surface area (Å²) in [4.78, 5) is 12.1. The number of carbonyl (C=O) groups excluding carboxylic acids is 1. The number of esters is 1. The number of rotatable bonds is 4. The maximum atomic E-state index is 11.7. The first-order valence-corrected chi connectivity index (χ1v) is 5.61. The molecule has 7 nitrogen and oxygen atoms in total.